The molecule has 2 rings (SSSR count). The summed E-state index contributed by atoms with van der Waals surface area (Å²) in [6, 6.07) is 0.338. The van der Waals surface area contributed by atoms with E-state index < -0.39 is 0 Å². The summed E-state index contributed by atoms with van der Waals surface area (Å²) in [5.74, 6) is 0.528. The molecule has 5 nitrogen and oxygen atoms in total. The van der Waals surface area contributed by atoms with Crippen molar-refractivity contribution in [2.75, 3.05) is 20.1 Å². The van der Waals surface area contributed by atoms with Crippen LogP contribution in [0.25, 0.3) is 0 Å². The quantitative estimate of drug-likeness (QED) is 0.780. The van der Waals surface area contributed by atoms with E-state index in [0.717, 1.165) is 25.9 Å². The van der Waals surface area contributed by atoms with Gasteiger partial charge in [0.15, 0.2) is 5.82 Å². The standard InChI is InChI=1S/C11H18N4O/c1-14-8-7-13-10(14)11(16)15(2)9-3-5-12-6-4-9/h7-9,12H,3-6H2,1-2H3. The molecular weight excluding hydrogens is 204 g/mol. The lowest BCUT2D eigenvalue weighted by Crippen LogP contribution is -2.44. The lowest BCUT2D eigenvalue weighted by atomic mass is 10.1. The zero-order valence-electron chi connectivity index (χ0n) is 9.81. The fourth-order valence-electron chi connectivity index (χ4n) is 2.09. The molecule has 1 aromatic rings. The van der Waals surface area contributed by atoms with Crippen LogP contribution in [0, 0.1) is 0 Å². The lowest BCUT2D eigenvalue weighted by Gasteiger charge is -2.31. The molecule has 16 heavy (non-hydrogen) atoms. The van der Waals surface area contributed by atoms with Gasteiger partial charge in [-0.1, -0.05) is 0 Å². The molecule has 1 aliphatic rings. The maximum atomic E-state index is 12.1. The van der Waals surface area contributed by atoms with Crippen molar-refractivity contribution in [3.8, 4) is 0 Å². The second-order valence-corrected chi connectivity index (χ2v) is 4.26. The fraction of sp³-hybridized carbons (Fsp3) is 0.636. The van der Waals surface area contributed by atoms with Crippen LogP contribution in [0.5, 0.6) is 0 Å². The van der Waals surface area contributed by atoms with Crippen molar-refractivity contribution in [1.82, 2.24) is 19.8 Å². The van der Waals surface area contributed by atoms with Gasteiger partial charge in [-0.3, -0.25) is 4.79 Å². The van der Waals surface area contributed by atoms with Crippen LogP contribution >= 0.6 is 0 Å². The number of nitrogens with one attached hydrogen (secondary N) is 1. The Bertz CT molecular complexity index is 368. The molecule has 1 N–H and O–H groups in total. The van der Waals surface area contributed by atoms with Crippen molar-refractivity contribution in [2.24, 2.45) is 7.05 Å². The smallest absolute Gasteiger partial charge is 0.289 e. The first kappa shape index (κ1) is 11.1. The second kappa shape index (κ2) is 4.65. The minimum Gasteiger partial charge on any atom is -0.336 e. The maximum absolute atomic E-state index is 12.1. The van der Waals surface area contributed by atoms with E-state index >= 15 is 0 Å². The van der Waals surface area contributed by atoms with E-state index in [-0.39, 0.29) is 5.91 Å². The highest BCUT2D eigenvalue weighted by Gasteiger charge is 2.24. The van der Waals surface area contributed by atoms with Crippen molar-refractivity contribution in [2.45, 2.75) is 18.9 Å². The molecule has 0 aliphatic carbocycles. The number of nitrogens with zero attached hydrogens (tertiary/aromatic N) is 3. The largest absolute Gasteiger partial charge is 0.336 e. The molecule has 0 aromatic carbocycles. The third kappa shape index (κ3) is 2.09. The van der Waals surface area contributed by atoms with Gasteiger partial charge in [0.25, 0.3) is 5.91 Å². The molecule has 1 fully saturated rings. The molecule has 88 valence electrons. The molecule has 0 bridgehead atoms. The SMILES string of the molecule is CN(C(=O)c1nccn1C)C1CCNCC1. The summed E-state index contributed by atoms with van der Waals surface area (Å²) >= 11 is 0. The molecule has 5 heteroatoms. The van der Waals surface area contributed by atoms with E-state index in [2.05, 4.69) is 10.3 Å². The van der Waals surface area contributed by atoms with Gasteiger partial charge in [-0.05, 0) is 25.9 Å². The van der Waals surface area contributed by atoms with Gasteiger partial charge in [0.2, 0.25) is 0 Å². The number of imidazole rings is 1. The summed E-state index contributed by atoms with van der Waals surface area (Å²) in [5.41, 5.74) is 0. The molecule has 0 unspecified atom stereocenters. The number of piperidine rings is 1. The summed E-state index contributed by atoms with van der Waals surface area (Å²) in [5, 5.41) is 3.30. The van der Waals surface area contributed by atoms with Crippen molar-refractivity contribution >= 4 is 5.91 Å². The molecular formula is C11H18N4O. The van der Waals surface area contributed by atoms with E-state index in [4.69, 9.17) is 0 Å². The fourth-order valence-corrected chi connectivity index (χ4v) is 2.09. The maximum Gasteiger partial charge on any atom is 0.289 e. The lowest BCUT2D eigenvalue weighted by molar-refractivity contribution is 0.0687. The van der Waals surface area contributed by atoms with Crippen molar-refractivity contribution in [1.29, 1.82) is 0 Å². The summed E-state index contributed by atoms with van der Waals surface area (Å²) < 4.78 is 1.76. The van der Waals surface area contributed by atoms with Gasteiger partial charge in [-0.2, -0.15) is 0 Å². The predicted octanol–water partition coefficient (Wildman–Crippen LogP) is 0.244. The Hall–Kier alpha value is -1.36. The van der Waals surface area contributed by atoms with E-state index in [1.165, 1.54) is 0 Å². The van der Waals surface area contributed by atoms with Crippen LogP contribution in [-0.4, -0.2) is 46.5 Å². The Kier molecular flexibility index (Phi) is 3.24. The van der Waals surface area contributed by atoms with Gasteiger partial charge >= 0.3 is 0 Å². The Morgan fingerprint density at radius 2 is 2.25 bits per heavy atom. The molecule has 0 radical (unpaired) electrons. The number of hydrogen-bond donors (Lipinski definition) is 1. The van der Waals surface area contributed by atoms with Crippen LogP contribution in [0.1, 0.15) is 23.5 Å². The molecule has 1 aromatic heterocycles. The number of carbonyl (C=O) groups is 1. The summed E-state index contributed by atoms with van der Waals surface area (Å²) in [4.78, 5) is 18.1. The van der Waals surface area contributed by atoms with Crippen LogP contribution in [0.4, 0.5) is 0 Å². The first-order valence-corrected chi connectivity index (χ1v) is 5.65. The molecule has 0 saturated carbocycles. The van der Waals surface area contributed by atoms with Crippen molar-refractivity contribution < 1.29 is 4.79 Å². The zero-order chi connectivity index (χ0) is 11.5. The minimum absolute atomic E-state index is 0.0133. The zero-order valence-corrected chi connectivity index (χ0v) is 9.81. The first-order valence-electron chi connectivity index (χ1n) is 5.65. The number of rotatable bonds is 2. The molecule has 2 heterocycles. The Balaban J connectivity index is 2.06. The summed E-state index contributed by atoms with van der Waals surface area (Å²) in [6.07, 6.45) is 5.49. The molecule has 0 spiro atoms. The van der Waals surface area contributed by atoms with Gasteiger partial charge in [0, 0.05) is 32.5 Å². The summed E-state index contributed by atoms with van der Waals surface area (Å²) in [6.45, 7) is 1.98. The third-order valence-corrected chi connectivity index (χ3v) is 3.19. The number of aryl methyl sites for hydroxylation is 1. The Labute approximate surface area is 95.5 Å². The number of aromatic nitrogens is 2. The second-order valence-electron chi connectivity index (χ2n) is 4.26. The number of hydrogen-bond acceptors (Lipinski definition) is 3. The van der Waals surface area contributed by atoms with Gasteiger partial charge < -0.3 is 14.8 Å². The Morgan fingerprint density at radius 3 is 2.81 bits per heavy atom. The van der Waals surface area contributed by atoms with Crippen LogP contribution in [-0.2, 0) is 7.05 Å². The van der Waals surface area contributed by atoms with Crippen molar-refractivity contribution in [3.05, 3.63) is 18.2 Å². The molecule has 0 atom stereocenters. The van der Waals surface area contributed by atoms with Crippen LogP contribution in [0.3, 0.4) is 0 Å². The van der Waals surface area contributed by atoms with Gasteiger partial charge in [-0.15, -0.1) is 0 Å². The molecule has 1 saturated heterocycles. The van der Waals surface area contributed by atoms with Gasteiger partial charge in [0.1, 0.15) is 0 Å². The number of carbonyl (C=O) groups excluding carboxylic acids is 1. The highest BCUT2D eigenvalue weighted by molar-refractivity contribution is 5.90. The first-order chi connectivity index (χ1) is 7.70. The topological polar surface area (TPSA) is 50.2 Å². The van der Waals surface area contributed by atoms with Crippen molar-refractivity contribution in [3.63, 3.8) is 0 Å². The highest BCUT2D eigenvalue weighted by atomic mass is 16.2. The third-order valence-electron chi connectivity index (χ3n) is 3.19. The summed E-state index contributed by atoms with van der Waals surface area (Å²) in [7, 11) is 3.71. The van der Waals surface area contributed by atoms with Gasteiger partial charge in [0.05, 0.1) is 0 Å². The van der Waals surface area contributed by atoms with E-state index in [0.29, 0.717) is 11.9 Å². The monoisotopic (exact) mass is 222 g/mol. The van der Waals surface area contributed by atoms with Crippen LogP contribution < -0.4 is 5.32 Å². The van der Waals surface area contributed by atoms with Crippen LogP contribution in [0.15, 0.2) is 12.4 Å². The highest BCUT2D eigenvalue weighted by Crippen LogP contribution is 2.12. The average molecular weight is 222 g/mol. The average Bonchev–Trinajstić information content (AvgIpc) is 2.75. The Morgan fingerprint density at radius 1 is 1.56 bits per heavy atom. The minimum atomic E-state index is 0.0133. The van der Waals surface area contributed by atoms with E-state index in [1.807, 2.05) is 19.0 Å². The normalized spacial score (nSPS) is 17.4. The van der Waals surface area contributed by atoms with Gasteiger partial charge in [-0.25, -0.2) is 4.98 Å². The molecule has 1 aliphatic heterocycles. The van der Waals surface area contributed by atoms with E-state index in [9.17, 15) is 4.79 Å². The molecule has 1 amide bonds. The van der Waals surface area contributed by atoms with E-state index in [1.54, 1.807) is 17.0 Å². The predicted molar refractivity (Wildman–Crippen MR) is 61.2 cm³/mol. The number of amides is 1. The van der Waals surface area contributed by atoms with Crippen LogP contribution in [0.2, 0.25) is 0 Å².